The number of aryl methyl sites for hydroxylation is 1. The number of carbonyl (C=O) groups is 2. The van der Waals surface area contributed by atoms with Crippen molar-refractivity contribution < 1.29 is 9.59 Å². The second-order valence-electron chi connectivity index (χ2n) is 7.68. The third-order valence-corrected chi connectivity index (χ3v) is 5.53. The molecule has 9 heteroatoms. The standard InChI is InChI=1S/C22H21N7O2/c1-13-4-7-25-10-15(13)17-8-14-9-18(26-11-16(14)19(24)27-17)28-20(30)21(31)29-22(12-23)5-2-3-6-22/h4,7-11H,2-3,5-6H2,1H3,(H2,24,27)(H,29,31)(H,26,28,30). The van der Waals surface area contributed by atoms with Crippen molar-refractivity contribution in [1.29, 1.82) is 5.26 Å². The number of hydrogen-bond donors (Lipinski definition) is 3. The van der Waals surface area contributed by atoms with Crippen LogP contribution >= 0.6 is 0 Å². The van der Waals surface area contributed by atoms with E-state index in [1.807, 2.05) is 19.1 Å². The summed E-state index contributed by atoms with van der Waals surface area (Å²) in [5.41, 5.74) is 7.63. The highest BCUT2D eigenvalue weighted by molar-refractivity contribution is 6.39. The van der Waals surface area contributed by atoms with Crippen molar-refractivity contribution in [3.63, 3.8) is 0 Å². The molecular formula is C22H21N7O2. The number of amides is 2. The molecule has 1 saturated carbocycles. The van der Waals surface area contributed by atoms with Crippen LogP contribution in [0.15, 0.2) is 36.8 Å². The quantitative estimate of drug-likeness (QED) is 0.557. The van der Waals surface area contributed by atoms with Crippen LogP contribution in [0.1, 0.15) is 31.2 Å². The fraction of sp³-hybridized carbons (Fsp3) is 0.273. The van der Waals surface area contributed by atoms with Gasteiger partial charge in [0.2, 0.25) is 0 Å². The molecule has 3 aromatic rings. The Labute approximate surface area is 178 Å². The minimum absolute atomic E-state index is 0.199. The predicted molar refractivity (Wildman–Crippen MR) is 116 cm³/mol. The lowest BCUT2D eigenvalue weighted by Crippen LogP contribution is -2.49. The molecule has 0 aromatic carbocycles. The Hall–Kier alpha value is -4.06. The Balaban J connectivity index is 1.58. The highest BCUT2D eigenvalue weighted by Crippen LogP contribution is 2.30. The second-order valence-corrected chi connectivity index (χ2v) is 7.68. The number of aromatic nitrogens is 3. The molecule has 9 nitrogen and oxygen atoms in total. The van der Waals surface area contributed by atoms with E-state index < -0.39 is 17.4 Å². The number of nitrogens with one attached hydrogen (secondary N) is 2. The maximum atomic E-state index is 12.4. The molecule has 2 amide bonds. The fourth-order valence-corrected chi connectivity index (χ4v) is 3.80. The lowest BCUT2D eigenvalue weighted by atomic mass is 10.00. The zero-order valence-electron chi connectivity index (χ0n) is 17.0. The molecule has 1 aliphatic carbocycles. The van der Waals surface area contributed by atoms with Gasteiger partial charge in [0.25, 0.3) is 0 Å². The Morgan fingerprint density at radius 3 is 2.68 bits per heavy atom. The van der Waals surface area contributed by atoms with Gasteiger partial charge in [-0.15, -0.1) is 0 Å². The SMILES string of the molecule is Cc1ccncc1-c1cc2cc(NC(=O)C(=O)NC3(C#N)CCCC3)ncc2c(N)n1. The molecule has 3 aromatic heterocycles. The van der Waals surface area contributed by atoms with Gasteiger partial charge in [-0.05, 0) is 61.8 Å². The van der Waals surface area contributed by atoms with Gasteiger partial charge >= 0.3 is 11.8 Å². The first kappa shape index (κ1) is 20.2. The molecule has 0 radical (unpaired) electrons. The molecule has 0 atom stereocenters. The molecule has 156 valence electrons. The number of nitrogens with zero attached hydrogens (tertiary/aromatic N) is 4. The number of pyridine rings is 3. The van der Waals surface area contributed by atoms with Crippen LogP contribution in [0.4, 0.5) is 11.6 Å². The first-order valence-corrected chi connectivity index (χ1v) is 9.93. The molecule has 0 bridgehead atoms. The molecule has 1 fully saturated rings. The highest BCUT2D eigenvalue weighted by Gasteiger charge is 2.37. The Morgan fingerprint density at radius 1 is 1.19 bits per heavy atom. The first-order valence-electron chi connectivity index (χ1n) is 9.93. The number of nitrogens with two attached hydrogens (primary N) is 1. The van der Waals surface area contributed by atoms with Crippen molar-refractivity contribution in [3.8, 4) is 17.3 Å². The molecule has 1 aliphatic rings. The normalized spacial score (nSPS) is 14.7. The van der Waals surface area contributed by atoms with Crippen LogP contribution in [0.25, 0.3) is 22.0 Å². The summed E-state index contributed by atoms with van der Waals surface area (Å²) < 4.78 is 0. The van der Waals surface area contributed by atoms with E-state index in [-0.39, 0.29) is 5.82 Å². The van der Waals surface area contributed by atoms with Gasteiger partial charge in [-0.2, -0.15) is 5.26 Å². The summed E-state index contributed by atoms with van der Waals surface area (Å²) in [6, 6.07) is 7.47. The van der Waals surface area contributed by atoms with Crippen LogP contribution in [0, 0.1) is 18.3 Å². The van der Waals surface area contributed by atoms with Crippen LogP contribution < -0.4 is 16.4 Å². The van der Waals surface area contributed by atoms with Gasteiger partial charge in [-0.25, -0.2) is 9.97 Å². The molecular weight excluding hydrogens is 394 g/mol. The molecule has 4 N–H and O–H groups in total. The molecule has 0 spiro atoms. The summed E-state index contributed by atoms with van der Waals surface area (Å²) in [6.45, 7) is 1.95. The van der Waals surface area contributed by atoms with Gasteiger partial charge in [0.05, 0.1) is 11.8 Å². The lowest BCUT2D eigenvalue weighted by Gasteiger charge is -2.21. The van der Waals surface area contributed by atoms with Gasteiger partial charge in [0.1, 0.15) is 17.2 Å². The minimum Gasteiger partial charge on any atom is -0.383 e. The Kier molecular flexibility index (Phi) is 5.21. The van der Waals surface area contributed by atoms with Gasteiger partial charge in [0.15, 0.2) is 0 Å². The predicted octanol–water partition coefficient (Wildman–Crippen LogP) is 2.47. The summed E-state index contributed by atoms with van der Waals surface area (Å²) in [5, 5.41) is 15.8. The molecule has 0 aliphatic heterocycles. The van der Waals surface area contributed by atoms with Crippen molar-refractivity contribution in [2.45, 2.75) is 38.1 Å². The number of fused-ring (bicyclic) bond motifs is 1. The summed E-state index contributed by atoms with van der Waals surface area (Å²) in [5.74, 6) is -1.23. The van der Waals surface area contributed by atoms with E-state index >= 15 is 0 Å². The third kappa shape index (κ3) is 4.00. The Morgan fingerprint density at radius 2 is 1.97 bits per heavy atom. The molecule has 0 unspecified atom stereocenters. The Bertz CT molecular complexity index is 1230. The molecule has 0 saturated heterocycles. The average Bonchev–Trinajstić information content (AvgIpc) is 3.22. The number of nitriles is 1. The third-order valence-electron chi connectivity index (χ3n) is 5.53. The number of rotatable bonds is 3. The van der Waals surface area contributed by atoms with E-state index in [0.717, 1.165) is 24.0 Å². The number of hydrogen-bond acceptors (Lipinski definition) is 7. The van der Waals surface area contributed by atoms with Crippen molar-refractivity contribution in [1.82, 2.24) is 20.3 Å². The molecule has 31 heavy (non-hydrogen) atoms. The molecule has 4 rings (SSSR count). The van der Waals surface area contributed by atoms with Crippen LogP contribution in [0.5, 0.6) is 0 Å². The monoisotopic (exact) mass is 415 g/mol. The van der Waals surface area contributed by atoms with Crippen LogP contribution in [-0.4, -0.2) is 32.3 Å². The van der Waals surface area contributed by atoms with Crippen molar-refractivity contribution in [2.75, 3.05) is 11.1 Å². The summed E-state index contributed by atoms with van der Waals surface area (Å²) in [6.07, 6.45) is 7.68. The van der Waals surface area contributed by atoms with Gasteiger partial charge in [-0.3, -0.25) is 14.6 Å². The van der Waals surface area contributed by atoms with E-state index in [0.29, 0.717) is 35.1 Å². The molecule has 3 heterocycles. The van der Waals surface area contributed by atoms with Gasteiger partial charge in [-0.1, -0.05) is 0 Å². The average molecular weight is 415 g/mol. The fourth-order valence-electron chi connectivity index (χ4n) is 3.80. The van der Waals surface area contributed by atoms with Crippen LogP contribution in [-0.2, 0) is 9.59 Å². The topological polar surface area (TPSA) is 147 Å². The second kappa shape index (κ2) is 7.99. The van der Waals surface area contributed by atoms with Crippen molar-refractivity contribution in [3.05, 3.63) is 42.4 Å². The number of nitrogen functional groups attached to an aromatic ring is 1. The van der Waals surface area contributed by atoms with E-state index in [1.165, 1.54) is 6.20 Å². The zero-order valence-corrected chi connectivity index (χ0v) is 17.0. The van der Waals surface area contributed by atoms with Crippen LogP contribution in [0.3, 0.4) is 0 Å². The lowest BCUT2D eigenvalue weighted by molar-refractivity contribution is -0.137. The van der Waals surface area contributed by atoms with E-state index in [9.17, 15) is 14.9 Å². The maximum absolute atomic E-state index is 12.4. The maximum Gasteiger partial charge on any atom is 0.314 e. The van der Waals surface area contributed by atoms with Crippen molar-refractivity contribution in [2.24, 2.45) is 0 Å². The number of anilines is 2. The first-order chi connectivity index (χ1) is 14.9. The van der Waals surface area contributed by atoms with Gasteiger partial charge in [0, 0.05) is 29.5 Å². The largest absolute Gasteiger partial charge is 0.383 e. The highest BCUT2D eigenvalue weighted by atomic mass is 16.2. The number of carbonyl (C=O) groups excluding carboxylic acids is 2. The summed E-state index contributed by atoms with van der Waals surface area (Å²) >= 11 is 0. The summed E-state index contributed by atoms with van der Waals surface area (Å²) in [4.78, 5) is 37.5. The van der Waals surface area contributed by atoms with E-state index in [4.69, 9.17) is 5.73 Å². The van der Waals surface area contributed by atoms with E-state index in [1.54, 1.807) is 18.5 Å². The minimum atomic E-state index is -0.970. The van der Waals surface area contributed by atoms with Gasteiger partial charge < -0.3 is 16.4 Å². The zero-order chi connectivity index (χ0) is 22.0. The summed E-state index contributed by atoms with van der Waals surface area (Å²) in [7, 11) is 0. The van der Waals surface area contributed by atoms with E-state index in [2.05, 4.69) is 31.7 Å². The van der Waals surface area contributed by atoms with Crippen molar-refractivity contribution >= 4 is 34.2 Å². The van der Waals surface area contributed by atoms with Crippen LogP contribution in [0.2, 0.25) is 0 Å². The smallest absolute Gasteiger partial charge is 0.314 e.